The zero-order chi connectivity index (χ0) is 19.2. The predicted octanol–water partition coefficient (Wildman–Crippen LogP) is 2.60. The quantitative estimate of drug-likeness (QED) is 0.633. The maximum atomic E-state index is 12.7. The Morgan fingerprint density at radius 2 is 2.07 bits per heavy atom. The fourth-order valence-electron chi connectivity index (χ4n) is 5.57. The second kappa shape index (κ2) is 7.06. The number of quaternary nitrogens is 1. The van der Waals surface area contributed by atoms with Crippen LogP contribution in [0.15, 0.2) is 42.0 Å². The Morgan fingerprint density at radius 3 is 2.81 bits per heavy atom. The number of allylic oxidation sites excluding steroid dienone is 1. The monoisotopic (exact) mass is 370 g/mol. The van der Waals surface area contributed by atoms with Crippen LogP contribution in [0.2, 0.25) is 0 Å². The highest BCUT2D eigenvalue weighted by Gasteiger charge is 2.60. The number of benzene rings is 1. The van der Waals surface area contributed by atoms with Crippen molar-refractivity contribution in [2.24, 2.45) is 23.2 Å². The molecule has 3 N–H and O–H groups in total. The Morgan fingerprint density at radius 1 is 1.33 bits per heavy atom. The summed E-state index contributed by atoms with van der Waals surface area (Å²) in [6.45, 7) is 7.26. The summed E-state index contributed by atoms with van der Waals surface area (Å²) >= 11 is 0. The Balaban J connectivity index is 1.52. The predicted molar refractivity (Wildman–Crippen MR) is 104 cm³/mol. The number of fused-ring (bicyclic) bond motifs is 2. The Hall–Kier alpha value is -1.65. The van der Waals surface area contributed by atoms with Crippen LogP contribution in [0.3, 0.4) is 0 Å². The molecule has 0 aromatic heterocycles. The van der Waals surface area contributed by atoms with Gasteiger partial charge in [-0.05, 0) is 25.7 Å². The highest BCUT2D eigenvalue weighted by molar-refractivity contribution is 5.76. The molecule has 1 aliphatic heterocycles. The number of rotatable bonds is 4. The summed E-state index contributed by atoms with van der Waals surface area (Å²) in [4.78, 5) is 12.7. The minimum atomic E-state index is -0.519. The van der Waals surface area contributed by atoms with Gasteiger partial charge in [-0.2, -0.15) is 0 Å². The molecule has 4 rings (SSSR count). The number of nitrogens with two attached hydrogens (primary N) is 1. The van der Waals surface area contributed by atoms with Crippen molar-refractivity contribution >= 4 is 5.97 Å². The summed E-state index contributed by atoms with van der Waals surface area (Å²) in [5.41, 5.74) is 2.32. The van der Waals surface area contributed by atoms with E-state index in [1.165, 1.54) is 11.1 Å². The summed E-state index contributed by atoms with van der Waals surface area (Å²) in [5, 5.41) is 13.6. The van der Waals surface area contributed by atoms with Gasteiger partial charge in [-0.3, -0.25) is 4.79 Å². The number of aliphatic hydroxyl groups excluding tert-OH is 1. The van der Waals surface area contributed by atoms with Gasteiger partial charge in [0.25, 0.3) is 0 Å². The van der Waals surface area contributed by atoms with Crippen LogP contribution in [0.25, 0.3) is 0 Å². The van der Waals surface area contributed by atoms with Crippen molar-refractivity contribution < 1.29 is 20.0 Å². The lowest BCUT2D eigenvalue weighted by Gasteiger charge is -2.51. The molecule has 0 unspecified atom stereocenters. The van der Waals surface area contributed by atoms with Crippen molar-refractivity contribution in [3.05, 3.63) is 47.5 Å². The Kier molecular flexibility index (Phi) is 4.89. The normalized spacial score (nSPS) is 39.2. The Labute approximate surface area is 162 Å². The van der Waals surface area contributed by atoms with E-state index in [0.717, 1.165) is 19.3 Å². The summed E-state index contributed by atoms with van der Waals surface area (Å²) in [7, 11) is 0. The van der Waals surface area contributed by atoms with E-state index in [9.17, 15) is 9.90 Å². The number of hydrogen-bond acceptors (Lipinski definition) is 3. The Bertz CT molecular complexity index is 730. The van der Waals surface area contributed by atoms with E-state index in [1.54, 1.807) is 0 Å². The van der Waals surface area contributed by atoms with Gasteiger partial charge in [-0.1, -0.05) is 55.8 Å². The number of ether oxygens (including phenoxy) is 1. The second-order valence-electron chi connectivity index (χ2n) is 8.97. The average molecular weight is 371 g/mol. The van der Waals surface area contributed by atoms with Gasteiger partial charge in [0.15, 0.2) is 0 Å². The second-order valence-corrected chi connectivity index (χ2v) is 8.97. The zero-order valence-electron chi connectivity index (χ0n) is 16.6. The van der Waals surface area contributed by atoms with E-state index in [4.69, 9.17) is 4.74 Å². The number of hydrogen-bond donors (Lipinski definition) is 2. The van der Waals surface area contributed by atoms with Gasteiger partial charge >= 0.3 is 5.97 Å². The van der Waals surface area contributed by atoms with Crippen LogP contribution in [0, 0.1) is 23.2 Å². The maximum absolute atomic E-state index is 12.7. The lowest BCUT2D eigenvalue weighted by Crippen LogP contribution is -2.86. The maximum Gasteiger partial charge on any atom is 0.315 e. The number of aliphatic hydroxyl groups is 1. The molecule has 1 aromatic carbocycles. The lowest BCUT2D eigenvalue weighted by molar-refractivity contribution is -0.697. The summed E-state index contributed by atoms with van der Waals surface area (Å²) in [5.74, 6) is -0.0313. The third-order valence-electron chi connectivity index (χ3n) is 7.64. The van der Waals surface area contributed by atoms with Crippen LogP contribution in [0.1, 0.15) is 51.6 Å². The molecule has 3 aliphatic rings. The zero-order valence-corrected chi connectivity index (χ0v) is 16.6. The van der Waals surface area contributed by atoms with Gasteiger partial charge < -0.3 is 15.2 Å². The molecule has 0 bridgehead atoms. The number of carbonyl (C=O) groups excluding carboxylic acids is 1. The van der Waals surface area contributed by atoms with Crippen LogP contribution in [-0.2, 0) is 9.53 Å². The highest BCUT2D eigenvalue weighted by atomic mass is 16.6. The van der Waals surface area contributed by atoms with Gasteiger partial charge in [0.1, 0.15) is 18.1 Å². The molecule has 146 valence electrons. The van der Waals surface area contributed by atoms with Crippen molar-refractivity contribution in [1.82, 2.24) is 0 Å². The highest BCUT2D eigenvalue weighted by Crippen LogP contribution is 2.55. The van der Waals surface area contributed by atoms with E-state index in [2.05, 4.69) is 44.3 Å². The van der Waals surface area contributed by atoms with Crippen molar-refractivity contribution in [3.8, 4) is 0 Å². The molecule has 1 saturated heterocycles. The molecule has 0 radical (unpaired) electrons. The van der Waals surface area contributed by atoms with Crippen molar-refractivity contribution in [3.63, 3.8) is 0 Å². The smallest absolute Gasteiger partial charge is 0.315 e. The van der Waals surface area contributed by atoms with Crippen LogP contribution in [-0.4, -0.2) is 29.8 Å². The molecule has 2 aliphatic carbocycles. The molecular formula is C23H32NO3+. The molecule has 4 nitrogen and oxygen atoms in total. The average Bonchev–Trinajstić information content (AvgIpc) is 2.98. The fraction of sp³-hybridized carbons (Fsp3) is 0.609. The fourth-order valence-corrected chi connectivity index (χ4v) is 5.57. The van der Waals surface area contributed by atoms with Crippen LogP contribution < -0.4 is 5.32 Å². The van der Waals surface area contributed by atoms with Gasteiger partial charge in [0, 0.05) is 23.3 Å². The van der Waals surface area contributed by atoms with Crippen molar-refractivity contribution in [1.29, 1.82) is 0 Å². The lowest BCUT2D eigenvalue weighted by atomic mass is 9.55. The third-order valence-corrected chi connectivity index (χ3v) is 7.64. The molecule has 27 heavy (non-hydrogen) atoms. The van der Waals surface area contributed by atoms with Crippen LogP contribution >= 0.6 is 0 Å². The standard InChI is InChI=1S/C23H31NO3/c1-14-8-7-11-17-12-19-20(21(25)23(14,17)3)18(22(26)27-19)13-24-15(2)16-9-5-4-6-10-16/h4-6,9-11,14-15,18-21,24-25H,7-8,12-13H2,1-3H3/p+1/t14-,15-,18-,19+,20+,21+,23+/m0/s1. The number of esters is 1. The molecule has 1 aromatic rings. The minimum Gasteiger partial charge on any atom is -0.461 e. The first-order valence-electron chi connectivity index (χ1n) is 10.4. The molecule has 0 amide bonds. The molecule has 1 saturated carbocycles. The first-order valence-corrected chi connectivity index (χ1v) is 10.4. The first kappa shape index (κ1) is 18.7. The van der Waals surface area contributed by atoms with Gasteiger partial charge in [-0.15, -0.1) is 0 Å². The summed E-state index contributed by atoms with van der Waals surface area (Å²) < 4.78 is 5.76. The van der Waals surface area contributed by atoms with Crippen molar-refractivity contribution in [2.45, 2.75) is 58.3 Å². The van der Waals surface area contributed by atoms with Crippen LogP contribution in [0.4, 0.5) is 0 Å². The minimum absolute atomic E-state index is 0.0978. The summed E-state index contributed by atoms with van der Waals surface area (Å²) in [6.07, 6.45) is 4.56. The SMILES string of the molecule is C[C@H]([NH2+]C[C@@H]1C(=O)O[C@@H]2CC3=CCC[C@H](C)[C@@]3(C)[C@H](O)[C@H]12)c1ccccc1. The first-order chi connectivity index (χ1) is 12.9. The molecule has 1 heterocycles. The molecule has 0 spiro atoms. The van der Waals surface area contributed by atoms with Gasteiger partial charge in [0.05, 0.1) is 12.6 Å². The van der Waals surface area contributed by atoms with E-state index < -0.39 is 6.10 Å². The van der Waals surface area contributed by atoms with E-state index in [-0.39, 0.29) is 35.4 Å². The van der Waals surface area contributed by atoms with Crippen LogP contribution in [0.5, 0.6) is 0 Å². The largest absolute Gasteiger partial charge is 0.461 e. The van der Waals surface area contributed by atoms with E-state index >= 15 is 0 Å². The molecule has 2 fully saturated rings. The van der Waals surface area contributed by atoms with Gasteiger partial charge in [0.2, 0.25) is 0 Å². The third kappa shape index (κ3) is 3.03. The molecular weight excluding hydrogens is 338 g/mol. The summed E-state index contributed by atoms with van der Waals surface area (Å²) in [6, 6.07) is 10.6. The number of carbonyl (C=O) groups is 1. The molecule has 7 atom stereocenters. The topological polar surface area (TPSA) is 63.1 Å². The van der Waals surface area contributed by atoms with Gasteiger partial charge in [-0.25, -0.2) is 0 Å². The van der Waals surface area contributed by atoms with Crippen molar-refractivity contribution in [2.75, 3.05) is 6.54 Å². The van der Waals surface area contributed by atoms with E-state index in [1.807, 2.05) is 18.2 Å². The van der Waals surface area contributed by atoms with E-state index in [0.29, 0.717) is 12.5 Å². The molecule has 4 heteroatoms.